The lowest BCUT2D eigenvalue weighted by Crippen LogP contribution is -2.10. The van der Waals surface area contributed by atoms with Crippen molar-refractivity contribution in [3.05, 3.63) is 209 Å². The van der Waals surface area contributed by atoms with Gasteiger partial charge in [0.1, 0.15) is 0 Å². The number of rotatable bonds is 3. The van der Waals surface area contributed by atoms with Gasteiger partial charge in [0.2, 0.25) is 0 Å². The van der Waals surface area contributed by atoms with Crippen molar-refractivity contribution in [3.8, 4) is 33.5 Å². The van der Waals surface area contributed by atoms with Gasteiger partial charge in [0.05, 0.1) is 11.2 Å². The van der Waals surface area contributed by atoms with E-state index in [1.54, 1.807) is 0 Å². The Morgan fingerprint density at radius 1 is 0.536 bits per heavy atom. The number of aromatic nitrogens is 1. The first-order valence-electron chi connectivity index (χ1n) is 19.5. The number of para-hydroxylation sites is 1. The Morgan fingerprint density at radius 2 is 1.27 bits per heavy atom. The van der Waals surface area contributed by atoms with Crippen molar-refractivity contribution in [3.63, 3.8) is 0 Å². The molecule has 0 saturated heterocycles. The van der Waals surface area contributed by atoms with Gasteiger partial charge in [0.15, 0.2) is 0 Å². The zero-order valence-corrected chi connectivity index (χ0v) is 31.7. The molecule has 0 bridgehead atoms. The third-order valence-corrected chi connectivity index (χ3v) is 13.5. The second-order valence-electron chi connectivity index (χ2n) is 15.4. The Bertz CT molecular complexity index is 3290. The van der Waals surface area contributed by atoms with E-state index in [0.717, 1.165) is 17.6 Å². The summed E-state index contributed by atoms with van der Waals surface area (Å²) in [6.45, 7) is 2.34. The highest BCUT2D eigenvalue weighted by atomic mass is 32.1. The molecular formula is C54H35NS. The van der Waals surface area contributed by atoms with Crippen LogP contribution in [0.1, 0.15) is 44.9 Å². The van der Waals surface area contributed by atoms with E-state index in [4.69, 9.17) is 4.98 Å². The predicted octanol–water partition coefficient (Wildman–Crippen LogP) is 14.7. The number of hydrogen-bond acceptors (Lipinski definition) is 2. The fourth-order valence-corrected chi connectivity index (χ4v) is 11.1. The lowest BCUT2D eigenvalue weighted by Gasteiger charge is -2.28. The molecule has 56 heavy (non-hydrogen) atoms. The van der Waals surface area contributed by atoms with Crippen LogP contribution in [0.5, 0.6) is 0 Å². The minimum Gasteiger partial charge on any atom is -0.247 e. The highest BCUT2D eigenvalue weighted by molar-refractivity contribution is 7.25. The highest BCUT2D eigenvalue weighted by Crippen LogP contribution is 2.56. The molecule has 262 valence electrons. The van der Waals surface area contributed by atoms with Crippen LogP contribution in [0.15, 0.2) is 170 Å². The van der Waals surface area contributed by atoms with E-state index in [1.807, 2.05) is 11.3 Å². The zero-order valence-electron chi connectivity index (χ0n) is 30.9. The van der Waals surface area contributed by atoms with Gasteiger partial charge >= 0.3 is 0 Å². The molecule has 8 aromatic carbocycles. The van der Waals surface area contributed by atoms with Crippen molar-refractivity contribution in [1.29, 1.82) is 0 Å². The van der Waals surface area contributed by atoms with Crippen LogP contribution < -0.4 is 0 Å². The molecule has 1 nitrogen and oxygen atoms in total. The molecule has 2 aromatic heterocycles. The molecule has 2 aliphatic rings. The van der Waals surface area contributed by atoms with Crippen molar-refractivity contribution in [2.45, 2.75) is 19.3 Å². The summed E-state index contributed by atoms with van der Waals surface area (Å²) in [6.07, 6.45) is 3.23. The molecule has 0 fully saturated rings. The number of fused-ring (bicyclic) bond motifs is 12. The molecular weight excluding hydrogens is 695 g/mol. The first kappa shape index (κ1) is 31.7. The molecule has 0 N–H and O–H groups in total. The number of hydrogen-bond donors (Lipinski definition) is 0. The number of thiophene rings is 1. The second-order valence-corrected chi connectivity index (χ2v) is 16.5. The summed E-state index contributed by atoms with van der Waals surface area (Å²) >= 11 is 1.91. The molecule has 0 spiro atoms. The van der Waals surface area contributed by atoms with Gasteiger partial charge in [-0.05, 0) is 115 Å². The molecule has 1 unspecified atom stereocenters. The van der Waals surface area contributed by atoms with Crippen LogP contribution in [0, 0.1) is 6.92 Å². The number of allylic oxidation sites excluding steroid dienone is 1. The van der Waals surface area contributed by atoms with Crippen LogP contribution in [0.4, 0.5) is 0 Å². The summed E-state index contributed by atoms with van der Waals surface area (Å²) in [4.78, 5) is 5.71. The third kappa shape index (κ3) is 4.63. The molecule has 12 rings (SSSR count). The Balaban J connectivity index is 1.17. The van der Waals surface area contributed by atoms with E-state index < -0.39 is 0 Å². The van der Waals surface area contributed by atoms with Gasteiger partial charge in [-0.25, -0.2) is 4.98 Å². The second kappa shape index (κ2) is 12.2. The minimum atomic E-state index is 0.00884. The van der Waals surface area contributed by atoms with Crippen LogP contribution in [0.25, 0.3) is 87.0 Å². The zero-order chi connectivity index (χ0) is 36.9. The number of benzene rings is 8. The maximum Gasteiger partial charge on any atom is 0.0760 e. The van der Waals surface area contributed by atoms with Crippen molar-refractivity contribution in [1.82, 2.24) is 4.98 Å². The monoisotopic (exact) mass is 729 g/mol. The van der Waals surface area contributed by atoms with Gasteiger partial charge in [-0.15, -0.1) is 11.3 Å². The fraction of sp³-hybridized carbons (Fsp3) is 0.0556. The Morgan fingerprint density at radius 3 is 2.16 bits per heavy atom. The van der Waals surface area contributed by atoms with Gasteiger partial charge in [-0.2, -0.15) is 0 Å². The Kier molecular flexibility index (Phi) is 6.91. The third-order valence-electron chi connectivity index (χ3n) is 12.4. The Hall–Kier alpha value is -6.61. The molecule has 0 amide bonds. The molecule has 10 aromatic rings. The van der Waals surface area contributed by atoms with E-state index in [9.17, 15) is 0 Å². The molecule has 0 saturated carbocycles. The molecule has 1 atom stereocenters. The van der Waals surface area contributed by atoms with Crippen molar-refractivity contribution < 1.29 is 0 Å². The van der Waals surface area contributed by atoms with E-state index in [0.29, 0.717) is 0 Å². The average molecular weight is 730 g/mol. The van der Waals surface area contributed by atoms with Crippen LogP contribution in [0.2, 0.25) is 0 Å². The van der Waals surface area contributed by atoms with E-state index in [-0.39, 0.29) is 5.92 Å². The minimum absolute atomic E-state index is 0.00884. The normalized spacial score (nSPS) is 15.0. The van der Waals surface area contributed by atoms with Gasteiger partial charge in [0, 0.05) is 37.0 Å². The summed E-state index contributed by atoms with van der Waals surface area (Å²) in [5.74, 6) is 0.00884. The molecule has 0 aliphatic heterocycles. The molecule has 2 heteroatoms. The standard InChI is InChI=1S/C54H35NS/c1-32-37-18-9-11-24-47(37)55-54(43-23-13-17-35-29-36(28-33-14-3-2-4-15-33)38-19-7-8-22-41(38)51(35)43)50(32)53-42-27-26-34-16-5-6-20-39(34)52(42)45-30-44-40-21-10-12-25-48(40)56-49(44)31-46(45)53/h2-28,30-31,53H,29H2,1H3/b36-28-. The predicted molar refractivity (Wildman–Crippen MR) is 239 cm³/mol. The SMILES string of the molecule is Cc1c(C2c3cc4sc5ccccc5c4cc3-c3c2ccc2ccccc32)c(-c2cccc3c2-c2ccccc2/C(=C\c2ccccc2)C3)nc2ccccc12. The largest absolute Gasteiger partial charge is 0.247 e. The van der Waals surface area contributed by atoms with Crippen LogP contribution in [0.3, 0.4) is 0 Å². The van der Waals surface area contributed by atoms with Crippen molar-refractivity contribution in [2.24, 2.45) is 0 Å². The lowest BCUT2D eigenvalue weighted by molar-refractivity contribution is 0.996. The maximum atomic E-state index is 5.71. The summed E-state index contributed by atoms with van der Waals surface area (Å²) in [5, 5.41) is 6.47. The summed E-state index contributed by atoms with van der Waals surface area (Å²) < 4.78 is 2.67. The van der Waals surface area contributed by atoms with Crippen LogP contribution >= 0.6 is 11.3 Å². The van der Waals surface area contributed by atoms with Gasteiger partial charge in [0.25, 0.3) is 0 Å². The van der Waals surface area contributed by atoms with Crippen molar-refractivity contribution in [2.75, 3.05) is 0 Å². The summed E-state index contributed by atoms with van der Waals surface area (Å²) in [6, 6.07) is 62.9. The molecule has 2 aliphatic carbocycles. The first-order chi connectivity index (χ1) is 27.7. The number of aryl methyl sites for hydroxylation is 1. The van der Waals surface area contributed by atoms with Crippen LogP contribution in [-0.4, -0.2) is 4.98 Å². The van der Waals surface area contributed by atoms with Crippen LogP contribution in [-0.2, 0) is 6.42 Å². The molecule has 2 heterocycles. The topological polar surface area (TPSA) is 12.9 Å². The van der Waals surface area contributed by atoms with Gasteiger partial charge in [-0.1, -0.05) is 152 Å². The van der Waals surface area contributed by atoms with E-state index in [1.165, 1.54) is 109 Å². The van der Waals surface area contributed by atoms with E-state index in [2.05, 4.69) is 183 Å². The number of nitrogens with zero attached hydrogens (tertiary/aromatic N) is 1. The van der Waals surface area contributed by atoms with Crippen molar-refractivity contribution >= 4 is 64.8 Å². The summed E-state index contributed by atoms with van der Waals surface area (Å²) in [7, 11) is 0. The Labute approximate surface area is 329 Å². The first-order valence-corrected chi connectivity index (χ1v) is 20.4. The average Bonchev–Trinajstić information content (AvgIpc) is 3.77. The summed E-state index contributed by atoms with van der Waals surface area (Å²) in [5.41, 5.74) is 19.1. The lowest BCUT2D eigenvalue weighted by atomic mass is 9.77. The maximum absolute atomic E-state index is 5.71. The molecule has 0 radical (unpaired) electrons. The number of pyridine rings is 1. The fourth-order valence-electron chi connectivity index (χ4n) is 9.92. The quantitative estimate of drug-likeness (QED) is 0.176. The smallest absolute Gasteiger partial charge is 0.0760 e. The highest BCUT2D eigenvalue weighted by Gasteiger charge is 2.36. The van der Waals surface area contributed by atoms with Gasteiger partial charge < -0.3 is 0 Å². The van der Waals surface area contributed by atoms with E-state index >= 15 is 0 Å². The van der Waals surface area contributed by atoms with Gasteiger partial charge in [-0.3, -0.25) is 0 Å².